The minimum Gasteiger partial charge on any atom is -0.341 e. The van der Waals surface area contributed by atoms with Gasteiger partial charge >= 0.3 is 0 Å². The third kappa shape index (κ3) is 1.73. The van der Waals surface area contributed by atoms with Gasteiger partial charge in [0.25, 0.3) is 0 Å². The van der Waals surface area contributed by atoms with Crippen LogP contribution in [0.1, 0.15) is 27.7 Å². The zero-order valence-electron chi connectivity index (χ0n) is 7.85. The van der Waals surface area contributed by atoms with Crippen LogP contribution in [0.4, 0.5) is 0 Å². The van der Waals surface area contributed by atoms with Crippen LogP contribution in [-0.4, -0.2) is 23.9 Å². The van der Waals surface area contributed by atoms with Gasteiger partial charge in [-0.25, -0.2) is 0 Å². The van der Waals surface area contributed by atoms with Crippen LogP contribution >= 0.6 is 0 Å². The Morgan fingerprint density at radius 2 is 1.82 bits per heavy atom. The van der Waals surface area contributed by atoms with E-state index in [1.807, 2.05) is 18.7 Å². The van der Waals surface area contributed by atoms with Crippen molar-refractivity contribution in [1.29, 1.82) is 0 Å². The minimum absolute atomic E-state index is 0.158. The van der Waals surface area contributed by atoms with E-state index in [0.717, 1.165) is 13.1 Å². The summed E-state index contributed by atoms with van der Waals surface area (Å²) in [5.41, 5.74) is 0.366. The zero-order chi connectivity index (χ0) is 8.65. The summed E-state index contributed by atoms with van der Waals surface area (Å²) in [6, 6.07) is 0. The van der Waals surface area contributed by atoms with E-state index in [-0.39, 0.29) is 5.92 Å². The van der Waals surface area contributed by atoms with Gasteiger partial charge in [-0.1, -0.05) is 27.7 Å². The van der Waals surface area contributed by atoms with Crippen LogP contribution in [-0.2, 0) is 4.79 Å². The van der Waals surface area contributed by atoms with Crippen LogP contribution < -0.4 is 0 Å². The summed E-state index contributed by atoms with van der Waals surface area (Å²) >= 11 is 0. The van der Waals surface area contributed by atoms with Gasteiger partial charge in [-0.3, -0.25) is 4.79 Å². The maximum atomic E-state index is 11.3. The molecule has 2 nitrogen and oxygen atoms in total. The molecule has 0 unspecified atom stereocenters. The van der Waals surface area contributed by atoms with E-state index in [2.05, 4.69) is 13.8 Å². The second-order valence-electron chi connectivity index (χ2n) is 4.51. The second kappa shape index (κ2) is 2.50. The Bertz CT molecular complexity index is 164. The maximum Gasteiger partial charge on any atom is 0.225 e. The Labute approximate surface area is 68.6 Å². The molecule has 1 aliphatic heterocycles. The third-order valence-corrected chi connectivity index (χ3v) is 2.04. The van der Waals surface area contributed by atoms with E-state index in [1.165, 1.54) is 0 Å². The first-order valence-electron chi connectivity index (χ1n) is 4.21. The summed E-state index contributed by atoms with van der Waals surface area (Å²) in [7, 11) is 0. The molecule has 1 fully saturated rings. The van der Waals surface area contributed by atoms with Gasteiger partial charge in [-0.2, -0.15) is 0 Å². The number of hydrogen-bond acceptors (Lipinski definition) is 1. The molecule has 0 aliphatic carbocycles. The molecule has 64 valence electrons. The predicted octanol–water partition coefficient (Wildman–Crippen LogP) is 1.51. The molecular weight excluding hydrogens is 138 g/mol. The Morgan fingerprint density at radius 3 is 2.09 bits per heavy atom. The van der Waals surface area contributed by atoms with Crippen molar-refractivity contribution in [3.05, 3.63) is 0 Å². The second-order valence-corrected chi connectivity index (χ2v) is 4.51. The summed E-state index contributed by atoms with van der Waals surface area (Å²) in [5, 5.41) is 0. The molecule has 0 aromatic carbocycles. The van der Waals surface area contributed by atoms with E-state index in [4.69, 9.17) is 0 Å². The van der Waals surface area contributed by atoms with Gasteiger partial charge in [0, 0.05) is 19.0 Å². The number of likely N-dealkylation sites (tertiary alicyclic amines) is 1. The molecule has 0 radical (unpaired) electrons. The molecule has 0 aromatic rings. The molecule has 0 atom stereocenters. The highest BCUT2D eigenvalue weighted by molar-refractivity contribution is 5.79. The molecular formula is C9H17NO. The molecule has 0 saturated carbocycles. The van der Waals surface area contributed by atoms with E-state index < -0.39 is 0 Å². The predicted molar refractivity (Wildman–Crippen MR) is 45.2 cm³/mol. The lowest BCUT2D eigenvalue weighted by Crippen LogP contribution is -2.56. The van der Waals surface area contributed by atoms with E-state index in [9.17, 15) is 4.79 Å². The number of hydrogen-bond donors (Lipinski definition) is 0. The molecule has 0 aromatic heterocycles. The first-order valence-corrected chi connectivity index (χ1v) is 4.21. The lowest BCUT2D eigenvalue weighted by molar-refractivity contribution is -0.144. The molecule has 2 heteroatoms. The Hall–Kier alpha value is -0.530. The highest BCUT2D eigenvalue weighted by Gasteiger charge is 2.37. The molecule has 0 bridgehead atoms. The lowest BCUT2D eigenvalue weighted by atomic mass is 9.84. The average molecular weight is 155 g/mol. The van der Waals surface area contributed by atoms with E-state index in [1.54, 1.807) is 0 Å². The number of rotatable bonds is 1. The first-order chi connectivity index (χ1) is 4.92. The number of amides is 1. The third-order valence-electron chi connectivity index (χ3n) is 2.04. The first kappa shape index (κ1) is 8.57. The monoisotopic (exact) mass is 155 g/mol. The smallest absolute Gasteiger partial charge is 0.225 e. The van der Waals surface area contributed by atoms with Gasteiger partial charge in [0.1, 0.15) is 0 Å². The lowest BCUT2D eigenvalue weighted by Gasteiger charge is -2.46. The summed E-state index contributed by atoms with van der Waals surface area (Å²) in [5.74, 6) is 0.454. The van der Waals surface area contributed by atoms with Crippen molar-refractivity contribution in [3.63, 3.8) is 0 Å². The highest BCUT2D eigenvalue weighted by Crippen LogP contribution is 2.29. The molecule has 0 N–H and O–H groups in total. The summed E-state index contributed by atoms with van der Waals surface area (Å²) in [4.78, 5) is 13.3. The SMILES string of the molecule is CC(C)C(=O)N1CC(C)(C)C1. The summed E-state index contributed by atoms with van der Waals surface area (Å²) < 4.78 is 0. The summed E-state index contributed by atoms with van der Waals surface area (Å²) in [6.45, 7) is 10.2. The zero-order valence-corrected chi connectivity index (χ0v) is 7.85. The summed E-state index contributed by atoms with van der Waals surface area (Å²) in [6.07, 6.45) is 0. The van der Waals surface area contributed by atoms with Gasteiger partial charge in [0.15, 0.2) is 0 Å². The van der Waals surface area contributed by atoms with Crippen molar-refractivity contribution in [1.82, 2.24) is 4.90 Å². The van der Waals surface area contributed by atoms with Crippen molar-refractivity contribution in [2.45, 2.75) is 27.7 Å². The number of nitrogens with zero attached hydrogens (tertiary/aromatic N) is 1. The number of carbonyl (C=O) groups is 1. The van der Waals surface area contributed by atoms with Gasteiger partial charge in [0.05, 0.1) is 0 Å². The fourth-order valence-corrected chi connectivity index (χ4v) is 1.51. The Morgan fingerprint density at radius 1 is 1.36 bits per heavy atom. The fourth-order valence-electron chi connectivity index (χ4n) is 1.51. The highest BCUT2D eigenvalue weighted by atomic mass is 16.2. The van der Waals surface area contributed by atoms with E-state index >= 15 is 0 Å². The molecule has 11 heavy (non-hydrogen) atoms. The van der Waals surface area contributed by atoms with Crippen molar-refractivity contribution >= 4 is 5.91 Å². The largest absolute Gasteiger partial charge is 0.341 e. The van der Waals surface area contributed by atoms with Crippen molar-refractivity contribution in [2.75, 3.05) is 13.1 Å². The minimum atomic E-state index is 0.158. The normalized spacial score (nSPS) is 21.7. The van der Waals surface area contributed by atoms with Crippen LogP contribution in [0.5, 0.6) is 0 Å². The molecule has 1 rings (SSSR count). The van der Waals surface area contributed by atoms with Gasteiger partial charge in [-0.15, -0.1) is 0 Å². The molecule has 1 heterocycles. The Kier molecular flexibility index (Phi) is 1.95. The van der Waals surface area contributed by atoms with Crippen LogP contribution in [0, 0.1) is 11.3 Å². The topological polar surface area (TPSA) is 20.3 Å². The standard InChI is InChI=1S/C9H17NO/c1-7(2)8(11)10-5-9(3,4)6-10/h7H,5-6H2,1-4H3. The van der Waals surface area contributed by atoms with E-state index in [0.29, 0.717) is 11.3 Å². The molecule has 0 spiro atoms. The molecule has 1 aliphatic rings. The van der Waals surface area contributed by atoms with Crippen LogP contribution in [0.3, 0.4) is 0 Å². The van der Waals surface area contributed by atoms with Crippen LogP contribution in [0.2, 0.25) is 0 Å². The van der Waals surface area contributed by atoms with Crippen molar-refractivity contribution in [2.24, 2.45) is 11.3 Å². The Balaban J connectivity index is 2.38. The quantitative estimate of drug-likeness (QED) is 0.562. The maximum absolute atomic E-state index is 11.3. The van der Waals surface area contributed by atoms with Crippen LogP contribution in [0.25, 0.3) is 0 Å². The van der Waals surface area contributed by atoms with Crippen LogP contribution in [0.15, 0.2) is 0 Å². The van der Waals surface area contributed by atoms with Crippen molar-refractivity contribution in [3.8, 4) is 0 Å². The van der Waals surface area contributed by atoms with Gasteiger partial charge in [0.2, 0.25) is 5.91 Å². The fraction of sp³-hybridized carbons (Fsp3) is 0.889. The molecule has 1 saturated heterocycles. The van der Waals surface area contributed by atoms with Crippen molar-refractivity contribution < 1.29 is 4.79 Å². The van der Waals surface area contributed by atoms with Gasteiger partial charge in [-0.05, 0) is 5.41 Å². The average Bonchev–Trinajstić information content (AvgIpc) is 1.80. The molecule has 1 amide bonds. The number of carbonyl (C=O) groups excluding carboxylic acids is 1. The van der Waals surface area contributed by atoms with Gasteiger partial charge < -0.3 is 4.90 Å².